The lowest BCUT2D eigenvalue weighted by molar-refractivity contribution is 0.461. The predicted octanol–water partition coefficient (Wildman–Crippen LogP) is 3.04. The summed E-state index contributed by atoms with van der Waals surface area (Å²) >= 11 is 0. The SMILES string of the molecule is Cc1cc(F)ccc1S(=O)(=O)Oc1ccccc1F. The van der Waals surface area contributed by atoms with Gasteiger partial charge in [0.05, 0.1) is 0 Å². The Morgan fingerprint density at radius 1 is 1.05 bits per heavy atom. The quantitative estimate of drug-likeness (QED) is 0.814. The first-order chi connectivity index (χ1) is 8.90. The molecule has 0 saturated heterocycles. The summed E-state index contributed by atoms with van der Waals surface area (Å²) in [6, 6.07) is 8.31. The summed E-state index contributed by atoms with van der Waals surface area (Å²) < 4.78 is 54.9. The fourth-order valence-electron chi connectivity index (χ4n) is 1.57. The summed E-state index contributed by atoms with van der Waals surface area (Å²) in [5, 5.41) is 0. The van der Waals surface area contributed by atoms with Crippen molar-refractivity contribution in [3.8, 4) is 5.75 Å². The van der Waals surface area contributed by atoms with Crippen molar-refractivity contribution in [1.29, 1.82) is 0 Å². The van der Waals surface area contributed by atoms with E-state index in [0.717, 1.165) is 24.3 Å². The van der Waals surface area contributed by atoms with Gasteiger partial charge in [0.2, 0.25) is 0 Å². The van der Waals surface area contributed by atoms with Gasteiger partial charge in [0.25, 0.3) is 0 Å². The zero-order chi connectivity index (χ0) is 14.0. The van der Waals surface area contributed by atoms with Crippen LogP contribution < -0.4 is 4.18 Å². The van der Waals surface area contributed by atoms with Crippen LogP contribution in [0.15, 0.2) is 47.4 Å². The largest absolute Gasteiger partial charge is 0.376 e. The van der Waals surface area contributed by atoms with Gasteiger partial charge in [0.15, 0.2) is 11.6 Å². The second-order valence-electron chi connectivity index (χ2n) is 3.88. The molecule has 100 valence electrons. The van der Waals surface area contributed by atoms with Crippen molar-refractivity contribution < 1.29 is 21.4 Å². The monoisotopic (exact) mass is 284 g/mol. The molecule has 2 aromatic rings. The predicted molar refractivity (Wildman–Crippen MR) is 65.4 cm³/mol. The molecule has 2 aromatic carbocycles. The maximum atomic E-state index is 13.4. The highest BCUT2D eigenvalue weighted by molar-refractivity contribution is 7.87. The molecule has 0 bridgehead atoms. The van der Waals surface area contributed by atoms with Crippen LogP contribution in [0.1, 0.15) is 5.56 Å². The third-order valence-electron chi connectivity index (χ3n) is 2.44. The third kappa shape index (κ3) is 2.90. The van der Waals surface area contributed by atoms with Gasteiger partial charge in [-0.2, -0.15) is 8.42 Å². The Hall–Kier alpha value is -1.95. The van der Waals surface area contributed by atoms with Crippen molar-refractivity contribution in [1.82, 2.24) is 0 Å². The lowest BCUT2D eigenvalue weighted by Crippen LogP contribution is -2.12. The van der Waals surface area contributed by atoms with Crippen molar-refractivity contribution >= 4 is 10.1 Å². The minimum Gasteiger partial charge on any atom is -0.376 e. The van der Waals surface area contributed by atoms with Crippen LogP contribution in [0, 0.1) is 18.6 Å². The van der Waals surface area contributed by atoms with Crippen LogP contribution in [0.5, 0.6) is 5.75 Å². The smallest absolute Gasteiger partial charge is 0.339 e. The number of para-hydroxylation sites is 1. The Morgan fingerprint density at radius 3 is 2.37 bits per heavy atom. The molecule has 3 nitrogen and oxygen atoms in total. The highest BCUT2D eigenvalue weighted by atomic mass is 32.2. The van der Waals surface area contributed by atoms with Crippen LogP contribution in [-0.2, 0) is 10.1 Å². The first-order valence-corrected chi connectivity index (χ1v) is 6.76. The summed E-state index contributed by atoms with van der Waals surface area (Å²) in [5.41, 5.74) is 0.191. The van der Waals surface area contributed by atoms with Gasteiger partial charge in [0, 0.05) is 0 Å². The number of rotatable bonds is 3. The van der Waals surface area contributed by atoms with Crippen LogP contribution in [0.25, 0.3) is 0 Å². The first-order valence-electron chi connectivity index (χ1n) is 5.35. The van der Waals surface area contributed by atoms with E-state index in [1.54, 1.807) is 0 Å². The van der Waals surface area contributed by atoms with E-state index < -0.39 is 27.5 Å². The zero-order valence-electron chi connectivity index (χ0n) is 9.93. The van der Waals surface area contributed by atoms with E-state index in [1.807, 2.05) is 0 Å². The van der Waals surface area contributed by atoms with Gasteiger partial charge >= 0.3 is 10.1 Å². The highest BCUT2D eigenvalue weighted by Crippen LogP contribution is 2.23. The van der Waals surface area contributed by atoms with Crippen LogP contribution in [0.4, 0.5) is 8.78 Å². The van der Waals surface area contributed by atoms with Crippen molar-refractivity contribution in [2.45, 2.75) is 11.8 Å². The summed E-state index contributed by atoms with van der Waals surface area (Å²) in [4.78, 5) is -0.197. The summed E-state index contributed by atoms with van der Waals surface area (Å²) in [5.74, 6) is -1.74. The van der Waals surface area contributed by atoms with Gasteiger partial charge < -0.3 is 4.18 Å². The topological polar surface area (TPSA) is 43.4 Å². The first kappa shape index (κ1) is 13.5. The Labute approximate surface area is 109 Å². The molecule has 19 heavy (non-hydrogen) atoms. The van der Waals surface area contributed by atoms with E-state index in [-0.39, 0.29) is 10.5 Å². The van der Waals surface area contributed by atoms with E-state index in [9.17, 15) is 17.2 Å². The van der Waals surface area contributed by atoms with Crippen molar-refractivity contribution in [3.63, 3.8) is 0 Å². The number of hydrogen-bond donors (Lipinski definition) is 0. The highest BCUT2D eigenvalue weighted by Gasteiger charge is 2.21. The number of benzene rings is 2. The molecule has 0 aromatic heterocycles. The third-order valence-corrected chi connectivity index (χ3v) is 3.84. The fraction of sp³-hybridized carbons (Fsp3) is 0.0769. The second kappa shape index (κ2) is 4.97. The minimum absolute atomic E-state index is 0.191. The second-order valence-corrected chi connectivity index (χ2v) is 5.39. The molecular weight excluding hydrogens is 274 g/mol. The molecular formula is C13H10F2O3S. The van der Waals surface area contributed by atoms with Gasteiger partial charge in [-0.15, -0.1) is 0 Å². The molecule has 2 rings (SSSR count). The van der Waals surface area contributed by atoms with Crippen molar-refractivity contribution in [2.75, 3.05) is 0 Å². The van der Waals surface area contributed by atoms with E-state index in [2.05, 4.69) is 0 Å². The molecule has 0 saturated carbocycles. The van der Waals surface area contributed by atoms with Crippen molar-refractivity contribution in [3.05, 3.63) is 59.7 Å². The molecule has 0 radical (unpaired) electrons. The molecule has 0 atom stereocenters. The lowest BCUT2D eigenvalue weighted by Gasteiger charge is -2.09. The fourth-order valence-corrected chi connectivity index (χ4v) is 2.72. The van der Waals surface area contributed by atoms with Gasteiger partial charge in [-0.25, -0.2) is 8.78 Å². The molecule has 0 unspecified atom stereocenters. The van der Waals surface area contributed by atoms with Gasteiger partial charge in [-0.05, 0) is 42.8 Å². The molecule has 0 amide bonds. The Balaban J connectivity index is 2.41. The maximum absolute atomic E-state index is 13.4. The molecule has 0 fully saturated rings. The van der Waals surface area contributed by atoms with E-state index in [4.69, 9.17) is 4.18 Å². The summed E-state index contributed by atoms with van der Waals surface area (Å²) in [7, 11) is -4.19. The van der Waals surface area contributed by atoms with Crippen LogP contribution in [0.3, 0.4) is 0 Å². The maximum Gasteiger partial charge on any atom is 0.339 e. The Kier molecular flexibility index (Phi) is 3.53. The Morgan fingerprint density at radius 2 is 1.74 bits per heavy atom. The van der Waals surface area contributed by atoms with Gasteiger partial charge in [-0.3, -0.25) is 0 Å². The molecule has 0 heterocycles. The van der Waals surface area contributed by atoms with Crippen LogP contribution in [-0.4, -0.2) is 8.42 Å². The zero-order valence-corrected chi connectivity index (χ0v) is 10.7. The van der Waals surface area contributed by atoms with E-state index >= 15 is 0 Å². The van der Waals surface area contributed by atoms with E-state index in [1.165, 1.54) is 25.1 Å². The average Bonchev–Trinajstić information content (AvgIpc) is 2.31. The Bertz CT molecular complexity index is 712. The number of hydrogen-bond acceptors (Lipinski definition) is 3. The summed E-state index contributed by atoms with van der Waals surface area (Å²) in [6.45, 7) is 1.43. The normalized spacial score (nSPS) is 11.3. The average molecular weight is 284 g/mol. The molecule has 0 N–H and O–H groups in total. The molecule has 6 heteroatoms. The van der Waals surface area contributed by atoms with E-state index in [0.29, 0.717) is 0 Å². The van der Waals surface area contributed by atoms with Gasteiger partial charge in [0.1, 0.15) is 10.7 Å². The summed E-state index contributed by atoms with van der Waals surface area (Å²) in [6.07, 6.45) is 0. The molecule has 0 aliphatic rings. The molecule has 0 spiro atoms. The number of aryl methyl sites for hydroxylation is 1. The van der Waals surface area contributed by atoms with Crippen LogP contribution in [0.2, 0.25) is 0 Å². The molecule has 0 aliphatic heterocycles. The van der Waals surface area contributed by atoms with Crippen LogP contribution >= 0.6 is 0 Å². The lowest BCUT2D eigenvalue weighted by atomic mass is 10.2. The molecule has 0 aliphatic carbocycles. The number of halogens is 2. The van der Waals surface area contributed by atoms with Crippen molar-refractivity contribution in [2.24, 2.45) is 0 Å². The standard InChI is InChI=1S/C13H10F2O3S/c1-9-8-10(14)6-7-13(9)19(16,17)18-12-5-3-2-4-11(12)15/h2-8H,1H3. The van der Waals surface area contributed by atoms with Gasteiger partial charge in [-0.1, -0.05) is 12.1 Å². The minimum atomic E-state index is -4.19.